The van der Waals surface area contributed by atoms with Crippen LogP contribution in [-0.2, 0) is 12.5 Å². The molecule has 0 aliphatic rings. The number of halogens is 2. The molecule has 1 aromatic heterocycles. The van der Waals surface area contributed by atoms with Crippen molar-refractivity contribution in [1.82, 2.24) is 9.97 Å². The Labute approximate surface area is 109 Å². The highest BCUT2D eigenvalue weighted by molar-refractivity contribution is 6.30. The fourth-order valence-electron chi connectivity index (χ4n) is 1.34. The van der Waals surface area contributed by atoms with Crippen molar-refractivity contribution in [3.05, 3.63) is 53.1 Å². The van der Waals surface area contributed by atoms with Gasteiger partial charge in [-0.05, 0) is 24.3 Å². The quantitative estimate of drug-likeness (QED) is 0.797. The summed E-state index contributed by atoms with van der Waals surface area (Å²) in [6.45, 7) is 0.312. The average Bonchev–Trinajstić information content (AvgIpc) is 2.38. The third kappa shape index (κ3) is 3.32. The van der Waals surface area contributed by atoms with Crippen molar-refractivity contribution in [2.45, 2.75) is 12.5 Å². The summed E-state index contributed by atoms with van der Waals surface area (Å²) in [5, 5.41) is 0.643. The third-order valence-corrected chi connectivity index (χ3v) is 2.67. The molecule has 2 rings (SSSR count). The number of hydrogen-bond acceptors (Lipinski definition) is 3. The van der Waals surface area contributed by atoms with Crippen molar-refractivity contribution in [3.63, 3.8) is 0 Å². The first kappa shape index (κ1) is 12.1. The molecule has 0 atom stereocenters. The van der Waals surface area contributed by atoms with Crippen molar-refractivity contribution >= 4 is 23.2 Å². The maximum Gasteiger partial charge on any atom is 0.166 e. The number of ether oxygens (including phenoxy) is 1. The van der Waals surface area contributed by atoms with Crippen LogP contribution in [0.4, 0.5) is 0 Å². The summed E-state index contributed by atoms with van der Waals surface area (Å²) >= 11 is 11.7. The highest BCUT2D eigenvalue weighted by atomic mass is 35.5. The van der Waals surface area contributed by atoms with E-state index in [0.717, 1.165) is 5.56 Å². The number of rotatable bonds is 4. The molecule has 0 unspecified atom stereocenters. The first-order valence-corrected chi connectivity index (χ1v) is 5.94. The minimum Gasteiger partial charge on any atom is -0.485 e. The molecule has 0 saturated carbocycles. The summed E-state index contributed by atoms with van der Waals surface area (Å²) in [5.41, 5.74) is 0.857. The molecule has 5 heteroatoms. The van der Waals surface area contributed by atoms with Crippen LogP contribution in [0.15, 0.2) is 36.7 Å². The van der Waals surface area contributed by atoms with E-state index in [4.69, 9.17) is 27.9 Å². The van der Waals surface area contributed by atoms with Crippen LogP contribution in [-0.4, -0.2) is 9.97 Å². The summed E-state index contributed by atoms with van der Waals surface area (Å²) in [5.74, 6) is 1.69. The maximum atomic E-state index is 5.87. The molecule has 88 valence electrons. The maximum absolute atomic E-state index is 5.87. The van der Waals surface area contributed by atoms with Gasteiger partial charge in [0.25, 0.3) is 0 Å². The van der Waals surface area contributed by atoms with E-state index >= 15 is 0 Å². The Kier molecular flexibility index (Phi) is 4.18. The number of nitrogens with zero attached hydrogens (tertiary/aromatic N) is 2. The minimum atomic E-state index is 0.312. The molecular formula is C12H10Cl2N2O. The molecule has 17 heavy (non-hydrogen) atoms. The van der Waals surface area contributed by atoms with Crippen LogP contribution < -0.4 is 4.74 Å². The molecule has 0 saturated heterocycles. The monoisotopic (exact) mass is 268 g/mol. The van der Waals surface area contributed by atoms with E-state index in [9.17, 15) is 0 Å². The Morgan fingerprint density at radius 1 is 1.18 bits per heavy atom. The molecular weight excluding hydrogens is 259 g/mol. The molecule has 0 spiro atoms. The van der Waals surface area contributed by atoms with Crippen LogP contribution in [0.5, 0.6) is 5.75 Å². The van der Waals surface area contributed by atoms with E-state index in [1.165, 1.54) is 0 Å². The average molecular weight is 269 g/mol. The van der Waals surface area contributed by atoms with Gasteiger partial charge in [0.05, 0.1) is 5.88 Å². The Morgan fingerprint density at radius 3 is 2.65 bits per heavy atom. The van der Waals surface area contributed by atoms with Gasteiger partial charge < -0.3 is 4.74 Å². The first-order valence-electron chi connectivity index (χ1n) is 5.02. The van der Waals surface area contributed by atoms with Gasteiger partial charge in [0, 0.05) is 23.0 Å². The van der Waals surface area contributed by atoms with Gasteiger partial charge in [-0.2, -0.15) is 0 Å². The zero-order valence-electron chi connectivity index (χ0n) is 8.94. The lowest BCUT2D eigenvalue weighted by atomic mass is 10.2. The van der Waals surface area contributed by atoms with E-state index in [2.05, 4.69) is 9.97 Å². The molecule has 0 radical (unpaired) electrons. The fraction of sp³-hybridized carbons (Fsp3) is 0.167. The molecule has 3 nitrogen and oxygen atoms in total. The van der Waals surface area contributed by atoms with Crippen molar-refractivity contribution in [2.24, 2.45) is 0 Å². The van der Waals surface area contributed by atoms with Crippen molar-refractivity contribution in [2.75, 3.05) is 0 Å². The zero-order valence-corrected chi connectivity index (χ0v) is 10.4. The normalized spacial score (nSPS) is 10.2. The molecule has 0 bridgehead atoms. The van der Waals surface area contributed by atoms with Gasteiger partial charge in [0.2, 0.25) is 0 Å². The smallest absolute Gasteiger partial charge is 0.166 e. The fourth-order valence-corrected chi connectivity index (χ4v) is 1.74. The van der Waals surface area contributed by atoms with Gasteiger partial charge in [-0.15, -0.1) is 11.6 Å². The molecule has 0 fully saturated rings. The number of hydrogen-bond donors (Lipinski definition) is 0. The highest BCUT2D eigenvalue weighted by Gasteiger charge is 2.04. The van der Waals surface area contributed by atoms with Crippen LogP contribution in [0.2, 0.25) is 5.02 Å². The van der Waals surface area contributed by atoms with Crippen molar-refractivity contribution in [1.29, 1.82) is 0 Å². The van der Waals surface area contributed by atoms with Crippen LogP contribution >= 0.6 is 23.2 Å². The van der Waals surface area contributed by atoms with E-state index in [1.54, 1.807) is 36.7 Å². The Bertz CT molecular complexity index is 491. The number of benzene rings is 1. The van der Waals surface area contributed by atoms with E-state index in [1.807, 2.05) is 0 Å². The van der Waals surface area contributed by atoms with Gasteiger partial charge in [0.1, 0.15) is 12.4 Å². The second-order valence-corrected chi connectivity index (χ2v) is 4.04. The predicted octanol–water partition coefficient (Wildman–Crippen LogP) is 3.45. The summed E-state index contributed by atoms with van der Waals surface area (Å²) in [4.78, 5) is 8.14. The summed E-state index contributed by atoms with van der Waals surface area (Å²) in [6.07, 6.45) is 3.35. The molecule has 0 N–H and O–H groups in total. The topological polar surface area (TPSA) is 35.0 Å². The molecule has 0 aliphatic carbocycles. The number of alkyl halides is 1. The minimum absolute atomic E-state index is 0.312. The Balaban J connectivity index is 2.09. The summed E-state index contributed by atoms with van der Waals surface area (Å²) in [6, 6.07) is 7.10. The molecule has 1 heterocycles. The lowest BCUT2D eigenvalue weighted by Crippen LogP contribution is -2.01. The molecule has 0 aliphatic heterocycles. The SMILES string of the molecule is ClCc1cc(Cl)ccc1OCc1ncccn1. The highest BCUT2D eigenvalue weighted by Crippen LogP contribution is 2.24. The van der Waals surface area contributed by atoms with E-state index in [0.29, 0.717) is 29.1 Å². The van der Waals surface area contributed by atoms with Gasteiger partial charge in [-0.25, -0.2) is 9.97 Å². The van der Waals surface area contributed by atoms with Gasteiger partial charge in [-0.1, -0.05) is 11.6 Å². The van der Waals surface area contributed by atoms with Crippen LogP contribution in [0, 0.1) is 0 Å². The Hall–Kier alpha value is -1.32. The Morgan fingerprint density at radius 2 is 1.94 bits per heavy atom. The predicted molar refractivity (Wildman–Crippen MR) is 67.4 cm³/mol. The van der Waals surface area contributed by atoms with Gasteiger partial charge in [-0.3, -0.25) is 0 Å². The first-order chi connectivity index (χ1) is 8.29. The zero-order chi connectivity index (χ0) is 12.1. The molecule has 2 aromatic rings. The summed E-state index contributed by atoms with van der Waals surface area (Å²) in [7, 11) is 0. The van der Waals surface area contributed by atoms with Crippen LogP contribution in [0.25, 0.3) is 0 Å². The standard InChI is InChI=1S/C12H10Cl2N2O/c13-7-9-6-10(14)2-3-11(9)17-8-12-15-4-1-5-16-12/h1-6H,7-8H2. The van der Waals surface area contributed by atoms with Crippen molar-refractivity contribution < 1.29 is 4.74 Å². The molecule has 1 aromatic carbocycles. The largest absolute Gasteiger partial charge is 0.485 e. The second-order valence-electron chi connectivity index (χ2n) is 3.34. The lowest BCUT2D eigenvalue weighted by molar-refractivity contribution is 0.293. The second kappa shape index (κ2) is 5.84. The van der Waals surface area contributed by atoms with Crippen LogP contribution in [0.1, 0.15) is 11.4 Å². The van der Waals surface area contributed by atoms with Crippen molar-refractivity contribution in [3.8, 4) is 5.75 Å². The van der Waals surface area contributed by atoms with Gasteiger partial charge in [0.15, 0.2) is 5.82 Å². The van der Waals surface area contributed by atoms with E-state index in [-0.39, 0.29) is 0 Å². The lowest BCUT2D eigenvalue weighted by Gasteiger charge is -2.09. The molecule has 0 amide bonds. The van der Waals surface area contributed by atoms with E-state index < -0.39 is 0 Å². The third-order valence-electron chi connectivity index (χ3n) is 2.14. The van der Waals surface area contributed by atoms with Gasteiger partial charge >= 0.3 is 0 Å². The number of aromatic nitrogens is 2. The van der Waals surface area contributed by atoms with Crippen LogP contribution in [0.3, 0.4) is 0 Å². The summed E-state index contributed by atoms with van der Waals surface area (Å²) < 4.78 is 5.60.